The van der Waals surface area contributed by atoms with Crippen molar-refractivity contribution in [2.75, 3.05) is 6.61 Å². The second-order valence-electron chi connectivity index (χ2n) is 2.22. The summed E-state index contributed by atoms with van der Waals surface area (Å²) in [6.45, 7) is 5.38. The van der Waals surface area contributed by atoms with Crippen molar-refractivity contribution in [1.82, 2.24) is 4.98 Å². The molecule has 0 unspecified atom stereocenters. The number of carbonyl (C=O) groups is 1. The molecule has 1 aromatic heterocycles. The Bertz CT molecular complexity index is 291. The van der Waals surface area contributed by atoms with Gasteiger partial charge in [0.1, 0.15) is 5.03 Å². The monoisotopic (exact) mass is 243 g/mol. The van der Waals surface area contributed by atoms with E-state index in [4.69, 9.17) is 0 Å². The highest BCUT2D eigenvalue weighted by Gasteiger charge is 1.86. The first-order chi connectivity index (χ1) is 7.24. The molecule has 0 aromatic carbocycles. The first-order valence-electron chi connectivity index (χ1n) is 4.26. The van der Waals surface area contributed by atoms with Crippen LogP contribution in [0.2, 0.25) is 0 Å². The Balaban J connectivity index is 0.000000265. The smallest absolute Gasteiger partial charge is 0.330 e. The third kappa shape index (κ3) is 8.08. The Kier molecular flexibility index (Phi) is 9.01. The van der Waals surface area contributed by atoms with Gasteiger partial charge in [-0.15, -0.1) is 11.7 Å². The lowest BCUT2D eigenvalue weighted by Crippen LogP contribution is -1.97. The summed E-state index contributed by atoms with van der Waals surface area (Å²) in [4.78, 5) is 14.1. The molecule has 0 saturated heterocycles. The van der Waals surface area contributed by atoms with Gasteiger partial charge in [0.2, 0.25) is 0 Å². The van der Waals surface area contributed by atoms with Crippen LogP contribution in [0, 0.1) is 0 Å². The minimum absolute atomic E-state index is 0.359. The molecule has 3 nitrogen and oxygen atoms in total. The van der Waals surface area contributed by atoms with Crippen LogP contribution in [0.3, 0.4) is 0 Å². The van der Waals surface area contributed by atoms with Gasteiger partial charge < -0.3 is 4.74 Å². The molecule has 0 radical (unpaired) electrons. The second-order valence-corrected chi connectivity index (χ2v) is 3.36. The predicted octanol–water partition coefficient (Wildman–Crippen LogP) is 2.75. The standard InChI is InChI=1S/C5H5NS2.C5H8O2/c7-8-5-3-1-2-4-6-5;1-3-5(6)7-4-2/h1-4,7H;3H,1,4H2,2H3. The Hall–Kier alpha value is -0.940. The van der Waals surface area contributed by atoms with Crippen LogP contribution in [-0.2, 0) is 9.53 Å². The summed E-state index contributed by atoms with van der Waals surface area (Å²) in [6.07, 6.45) is 2.89. The Morgan fingerprint density at radius 2 is 2.47 bits per heavy atom. The van der Waals surface area contributed by atoms with Crippen molar-refractivity contribution in [3.63, 3.8) is 0 Å². The van der Waals surface area contributed by atoms with Crippen molar-refractivity contribution in [2.45, 2.75) is 11.9 Å². The maximum atomic E-state index is 10.1. The van der Waals surface area contributed by atoms with E-state index in [2.05, 4.69) is 28.0 Å². The van der Waals surface area contributed by atoms with Crippen molar-refractivity contribution >= 4 is 28.4 Å². The fourth-order valence-corrected chi connectivity index (χ4v) is 1.17. The summed E-state index contributed by atoms with van der Waals surface area (Å²) in [7, 11) is 1.35. The van der Waals surface area contributed by atoms with E-state index >= 15 is 0 Å². The number of hydrogen-bond donors (Lipinski definition) is 1. The second kappa shape index (κ2) is 9.61. The van der Waals surface area contributed by atoms with Crippen LogP contribution in [0.1, 0.15) is 6.92 Å². The number of nitrogens with zero attached hydrogens (tertiary/aromatic N) is 1. The highest BCUT2D eigenvalue weighted by molar-refractivity contribution is 8.68. The van der Waals surface area contributed by atoms with Crippen molar-refractivity contribution in [2.24, 2.45) is 0 Å². The summed E-state index contributed by atoms with van der Waals surface area (Å²) in [6, 6.07) is 5.73. The summed E-state index contributed by atoms with van der Waals surface area (Å²) in [5.41, 5.74) is 0. The molecule has 0 spiro atoms. The molecule has 0 fully saturated rings. The number of hydrogen-bond acceptors (Lipinski definition) is 5. The molecule has 5 heteroatoms. The van der Waals surface area contributed by atoms with Gasteiger partial charge in [-0.3, -0.25) is 0 Å². The van der Waals surface area contributed by atoms with Gasteiger partial charge in [-0.25, -0.2) is 9.78 Å². The molecular weight excluding hydrogens is 230 g/mol. The molecule has 0 amide bonds. The Morgan fingerprint density at radius 3 is 2.73 bits per heavy atom. The molecular formula is C10H13NO2S2. The third-order valence-electron chi connectivity index (χ3n) is 1.18. The number of carbonyl (C=O) groups excluding carboxylic acids is 1. The lowest BCUT2D eigenvalue weighted by atomic mass is 10.5. The van der Waals surface area contributed by atoms with Crippen LogP contribution >= 0.6 is 22.5 Å². The number of rotatable bonds is 3. The zero-order chi connectivity index (χ0) is 11.5. The number of aromatic nitrogens is 1. The van der Waals surface area contributed by atoms with Gasteiger partial charge in [0.15, 0.2) is 0 Å². The summed E-state index contributed by atoms with van der Waals surface area (Å²) in [5.74, 6) is -0.359. The number of esters is 1. The van der Waals surface area contributed by atoms with Gasteiger partial charge in [-0.1, -0.05) is 12.6 Å². The molecule has 0 saturated carbocycles. The van der Waals surface area contributed by atoms with Gasteiger partial charge in [-0.2, -0.15) is 0 Å². The molecule has 15 heavy (non-hydrogen) atoms. The van der Waals surface area contributed by atoms with E-state index in [0.29, 0.717) is 6.61 Å². The number of thiol groups is 1. The topological polar surface area (TPSA) is 39.2 Å². The first kappa shape index (κ1) is 14.1. The zero-order valence-electron chi connectivity index (χ0n) is 8.42. The van der Waals surface area contributed by atoms with E-state index in [1.165, 1.54) is 10.8 Å². The fraction of sp³-hybridized carbons (Fsp3) is 0.200. The van der Waals surface area contributed by atoms with Gasteiger partial charge in [0.25, 0.3) is 0 Å². The summed E-state index contributed by atoms with van der Waals surface area (Å²) in [5, 5.41) is 0.941. The van der Waals surface area contributed by atoms with Gasteiger partial charge >= 0.3 is 5.97 Å². The van der Waals surface area contributed by atoms with Crippen molar-refractivity contribution < 1.29 is 9.53 Å². The van der Waals surface area contributed by atoms with E-state index in [1.807, 2.05) is 18.2 Å². The molecule has 0 bridgehead atoms. The molecule has 0 aliphatic carbocycles. The highest BCUT2D eigenvalue weighted by Crippen LogP contribution is 2.16. The highest BCUT2D eigenvalue weighted by atomic mass is 33.1. The predicted molar refractivity (Wildman–Crippen MR) is 65.9 cm³/mol. The minimum Gasteiger partial charge on any atom is -0.463 e. The molecule has 1 heterocycles. The molecule has 0 N–H and O–H groups in total. The normalized spacial score (nSPS) is 8.40. The molecule has 82 valence electrons. The van der Waals surface area contributed by atoms with Crippen molar-refractivity contribution in [3.8, 4) is 0 Å². The van der Waals surface area contributed by atoms with Crippen LogP contribution < -0.4 is 0 Å². The average Bonchev–Trinajstić information content (AvgIpc) is 2.31. The largest absolute Gasteiger partial charge is 0.463 e. The van der Waals surface area contributed by atoms with Gasteiger partial charge in [0.05, 0.1) is 6.61 Å². The number of pyridine rings is 1. The van der Waals surface area contributed by atoms with Gasteiger partial charge in [0, 0.05) is 12.3 Å². The maximum Gasteiger partial charge on any atom is 0.330 e. The van der Waals surface area contributed by atoms with Crippen LogP contribution in [0.25, 0.3) is 0 Å². The SMILES string of the molecule is C=CC(=O)OCC.SSc1ccccn1. The summed E-state index contributed by atoms with van der Waals surface area (Å²) < 4.78 is 4.43. The molecule has 1 aromatic rings. The average molecular weight is 243 g/mol. The maximum absolute atomic E-state index is 10.1. The van der Waals surface area contributed by atoms with E-state index in [9.17, 15) is 4.79 Å². The molecule has 0 atom stereocenters. The molecule has 1 rings (SSSR count). The van der Waals surface area contributed by atoms with Crippen LogP contribution in [0.4, 0.5) is 0 Å². The van der Waals surface area contributed by atoms with E-state index in [-0.39, 0.29) is 5.97 Å². The van der Waals surface area contributed by atoms with E-state index < -0.39 is 0 Å². The van der Waals surface area contributed by atoms with E-state index in [0.717, 1.165) is 11.1 Å². The lowest BCUT2D eigenvalue weighted by Gasteiger charge is -1.90. The van der Waals surface area contributed by atoms with Gasteiger partial charge in [-0.05, 0) is 29.9 Å². The third-order valence-corrected chi connectivity index (χ3v) is 2.17. The molecule has 0 aliphatic rings. The summed E-state index contributed by atoms with van der Waals surface area (Å²) >= 11 is 3.96. The first-order valence-corrected chi connectivity index (χ1v) is 6.13. The van der Waals surface area contributed by atoms with Crippen molar-refractivity contribution in [3.05, 3.63) is 37.1 Å². The van der Waals surface area contributed by atoms with Crippen LogP contribution in [0.5, 0.6) is 0 Å². The molecule has 0 aliphatic heterocycles. The van der Waals surface area contributed by atoms with Crippen LogP contribution in [0.15, 0.2) is 42.1 Å². The zero-order valence-corrected chi connectivity index (χ0v) is 10.1. The minimum atomic E-state index is -0.359. The van der Waals surface area contributed by atoms with Crippen LogP contribution in [-0.4, -0.2) is 17.6 Å². The van der Waals surface area contributed by atoms with Crippen molar-refractivity contribution in [1.29, 1.82) is 0 Å². The lowest BCUT2D eigenvalue weighted by molar-refractivity contribution is -0.137. The Labute approximate surface area is 98.7 Å². The van der Waals surface area contributed by atoms with E-state index in [1.54, 1.807) is 13.1 Å². The fourth-order valence-electron chi connectivity index (χ4n) is 0.602. The number of ether oxygens (including phenoxy) is 1. The quantitative estimate of drug-likeness (QED) is 0.383. The Morgan fingerprint density at radius 1 is 1.73 bits per heavy atom.